The number of nitrogen functional groups attached to an aromatic ring is 1. The molecule has 0 aromatic heterocycles. The molecular weight excluding hydrogens is 182 g/mol. The molecule has 3 heteroatoms. The van der Waals surface area contributed by atoms with E-state index in [1.807, 2.05) is 32.0 Å². The molecule has 1 unspecified atom stereocenters. The average Bonchev–Trinajstić information content (AvgIpc) is 2.13. The van der Waals surface area contributed by atoms with Gasteiger partial charge in [-0.1, -0.05) is 13.0 Å². The highest BCUT2D eigenvalue weighted by molar-refractivity contribution is 8.00. The number of hydrogen-bond acceptors (Lipinski definition) is 3. The van der Waals surface area contributed by atoms with Crippen LogP contribution in [0.1, 0.15) is 12.5 Å². The van der Waals surface area contributed by atoms with Gasteiger partial charge < -0.3 is 10.8 Å². The number of hydrogen-bond donors (Lipinski definition) is 2. The molecule has 0 heterocycles. The maximum Gasteiger partial charge on any atom is 0.0550 e. The van der Waals surface area contributed by atoms with Crippen molar-refractivity contribution in [1.29, 1.82) is 0 Å². The van der Waals surface area contributed by atoms with Crippen molar-refractivity contribution < 1.29 is 5.11 Å². The van der Waals surface area contributed by atoms with Crippen LogP contribution in [0.2, 0.25) is 0 Å². The Bertz CT molecular complexity index is 288. The molecule has 0 amide bonds. The van der Waals surface area contributed by atoms with Crippen LogP contribution in [0.3, 0.4) is 0 Å². The molecule has 1 aromatic rings. The maximum atomic E-state index is 8.90. The van der Waals surface area contributed by atoms with Crippen LogP contribution in [0, 0.1) is 6.92 Å². The van der Waals surface area contributed by atoms with Gasteiger partial charge in [-0.05, 0) is 24.6 Å². The van der Waals surface area contributed by atoms with Gasteiger partial charge in [0.1, 0.15) is 0 Å². The fourth-order valence-electron chi connectivity index (χ4n) is 1.01. The summed E-state index contributed by atoms with van der Waals surface area (Å²) in [7, 11) is 0. The Kier molecular flexibility index (Phi) is 3.63. The molecule has 0 aliphatic heterocycles. The van der Waals surface area contributed by atoms with Gasteiger partial charge in [0.05, 0.1) is 6.61 Å². The van der Waals surface area contributed by atoms with E-state index in [0.717, 1.165) is 16.1 Å². The first-order chi connectivity index (χ1) is 6.15. The van der Waals surface area contributed by atoms with Crippen LogP contribution in [0.15, 0.2) is 23.1 Å². The third-order valence-corrected chi connectivity index (χ3v) is 3.16. The van der Waals surface area contributed by atoms with Crippen LogP contribution < -0.4 is 5.73 Å². The lowest BCUT2D eigenvalue weighted by Gasteiger charge is -2.11. The summed E-state index contributed by atoms with van der Waals surface area (Å²) in [5.74, 6) is 0. The smallest absolute Gasteiger partial charge is 0.0550 e. The molecule has 1 atom stereocenters. The Hall–Kier alpha value is -0.670. The maximum absolute atomic E-state index is 8.90. The van der Waals surface area contributed by atoms with E-state index in [-0.39, 0.29) is 11.9 Å². The van der Waals surface area contributed by atoms with E-state index in [9.17, 15) is 0 Å². The third-order valence-electron chi connectivity index (χ3n) is 1.91. The molecule has 0 fully saturated rings. The number of aliphatic hydroxyl groups excluding tert-OH is 1. The Morgan fingerprint density at radius 2 is 2.23 bits per heavy atom. The fourth-order valence-corrected chi connectivity index (χ4v) is 1.97. The Labute approximate surface area is 83.1 Å². The lowest BCUT2D eigenvalue weighted by Crippen LogP contribution is -2.02. The number of anilines is 1. The summed E-state index contributed by atoms with van der Waals surface area (Å²) in [5.41, 5.74) is 7.68. The molecule has 2 nitrogen and oxygen atoms in total. The minimum absolute atomic E-state index is 0.193. The standard InChI is InChI=1S/C10H15NOS/c1-7(6-12)13-10-5-3-4-9(11)8(10)2/h3-5,7,12H,6,11H2,1-2H3. The van der Waals surface area contributed by atoms with Gasteiger partial charge in [0.15, 0.2) is 0 Å². The highest BCUT2D eigenvalue weighted by Crippen LogP contribution is 2.28. The zero-order valence-corrected chi connectivity index (χ0v) is 8.77. The molecule has 0 bridgehead atoms. The van der Waals surface area contributed by atoms with Crippen molar-refractivity contribution >= 4 is 17.4 Å². The van der Waals surface area contributed by atoms with E-state index in [1.54, 1.807) is 11.8 Å². The molecule has 72 valence electrons. The van der Waals surface area contributed by atoms with Crippen molar-refractivity contribution in [1.82, 2.24) is 0 Å². The second-order valence-electron chi connectivity index (χ2n) is 3.08. The summed E-state index contributed by atoms with van der Waals surface area (Å²) < 4.78 is 0. The van der Waals surface area contributed by atoms with Crippen LogP contribution in [-0.2, 0) is 0 Å². The van der Waals surface area contributed by atoms with Crippen molar-refractivity contribution in [3.8, 4) is 0 Å². The molecule has 3 N–H and O–H groups in total. The average molecular weight is 197 g/mol. The second kappa shape index (κ2) is 4.53. The van der Waals surface area contributed by atoms with E-state index in [2.05, 4.69) is 0 Å². The molecule has 1 aromatic carbocycles. The monoisotopic (exact) mass is 197 g/mol. The first kappa shape index (κ1) is 10.4. The lowest BCUT2D eigenvalue weighted by atomic mass is 10.2. The predicted molar refractivity (Wildman–Crippen MR) is 58.0 cm³/mol. The van der Waals surface area contributed by atoms with Crippen molar-refractivity contribution in [3.63, 3.8) is 0 Å². The van der Waals surface area contributed by atoms with E-state index in [0.29, 0.717) is 0 Å². The number of nitrogens with two attached hydrogens (primary N) is 1. The zero-order chi connectivity index (χ0) is 9.84. The van der Waals surface area contributed by atoms with Crippen molar-refractivity contribution in [2.24, 2.45) is 0 Å². The molecule has 0 spiro atoms. The molecule has 1 rings (SSSR count). The highest BCUT2D eigenvalue weighted by atomic mass is 32.2. The Morgan fingerprint density at radius 3 is 2.85 bits per heavy atom. The minimum atomic E-state index is 0.193. The molecule has 0 aliphatic rings. The summed E-state index contributed by atoms with van der Waals surface area (Å²) in [6, 6.07) is 5.86. The highest BCUT2D eigenvalue weighted by Gasteiger charge is 2.06. The van der Waals surface area contributed by atoms with Gasteiger partial charge in [-0.25, -0.2) is 0 Å². The molecule has 0 aliphatic carbocycles. The predicted octanol–water partition coefficient (Wildman–Crippen LogP) is 2.05. The van der Waals surface area contributed by atoms with Gasteiger partial charge in [-0.2, -0.15) is 0 Å². The van der Waals surface area contributed by atoms with Gasteiger partial charge in [0, 0.05) is 15.8 Å². The Morgan fingerprint density at radius 1 is 1.54 bits per heavy atom. The van der Waals surface area contributed by atoms with Crippen LogP contribution in [0.25, 0.3) is 0 Å². The quantitative estimate of drug-likeness (QED) is 0.576. The molecule has 0 radical (unpaired) electrons. The lowest BCUT2D eigenvalue weighted by molar-refractivity contribution is 0.300. The molecule has 0 saturated carbocycles. The fraction of sp³-hybridized carbons (Fsp3) is 0.400. The second-order valence-corrected chi connectivity index (χ2v) is 4.56. The van der Waals surface area contributed by atoms with Crippen LogP contribution >= 0.6 is 11.8 Å². The molecular formula is C10H15NOS. The van der Waals surface area contributed by atoms with Gasteiger partial charge in [0.25, 0.3) is 0 Å². The molecule has 13 heavy (non-hydrogen) atoms. The third kappa shape index (κ3) is 2.64. The van der Waals surface area contributed by atoms with Gasteiger partial charge >= 0.3 is 0 Å². The summed E-state index contributed by atoms with van der Waals surface area (Å²) in [6.45, 7) is 4.19. The topological polar surface area (TPSA) is 46.2 Å². The summed E-state index contributed by atoms with van der Waals surface area (Å²) in [4.78, 5) is 1.15. The van der Waals surface area contributed by atoms with Gasteiger partial charge in [-0.3, -0.25) is 0 Å². The van der Waals surface area contributed by atoms with Crippen molar-refractivity contribution in [2.45, 2.75) is 24.0 Å². The first-order valence-corrected chi connectivity index (χ1v) is 5.15. The van der Waals surface area contributed by atoms with Crippen LogP contribution in [0.5, 0.6) is 0 Å². The summed E-state index contributed by atoms with van der Waals surface area (Å²) in [6.07, 6.45) is 0. The van der Waals surface area contributed by atoms with Crippen LogP contribution in [-0.4, -0.2) is 17.0 Å². The van der Waals surface area contributed by atoms with E-state index in [1.165, 1.54) is 0 Å². The van der Waals surface area contributed by atoms with Crippen LogP contribution in [0.4, 0.5) is 5.69 Å². The number of rotatable bonds is 3. The van der Waals surface area contributed by atoms with Crippen molar-refractivity contribution in [2.75, 3.05) is 12.3 Å². The summed E-state index contributed by atoms with van der Waals surface area (Å²) >= 11 is 1.65. The molecule has 0 saturated heterocycles. The number of benzene rings is 1. The number of aliphatic hydroxyl groups is 1. The zero-order valence-electron chi connectivity index (χ0n) is 7.95. The van der Waals surface area contributed by atoms with E-state index >= 15 is 0 Å². The van der Waals surface area contributed by atoms with E-state index < -0.39 is 0 Å². The normalized spacial score (nSPS) is 12.8. The van der Waals surface area contributed by atoms with E-state index in [4.69, 9.17) is 10.8 Å². The first-order valence-electron chi connectivity index (χ1n) is 4.27. The summed E-state index contributed by atoms with van der Waals surface area (Å²) in [5, 5.41) is 9.13. The van der Waals surface area contributed by atoms with Gasteiger partial charge in [0.2, 0.25) is 0 Å². The number of thioether (sulfide) groups is 1. The largest absolute Gasteiger partial charge is 0.398 e. The van der Waals surface area contributed by atoms with Gasteiger partial charge in [-0.15, -0.1) is 11.8 Å². The minimum Gasteiger partial charge on any atom is -0.398 e. The van der Waals surface area contributed by atoms with Crippen molar-refractivity contribution in [3.05, 3.63) is 23.8 Å². The SMILES string of the molecule is Cc1c(N)cccc1SC(C)CO. The Balaban J connectivity index is 2.83.